The standard InChI is InChI=1S/C16H15BrFN3/c1-3-4-11-9(2)21-16(20)13(8-19)15(11)12-7-10(17)5-6-14(12)18/h5-7H,3-4H2,1-2H3,(H2,20,21). The molecule has 1 aromatic carbocycles. The van der Waals surface area contributed by atoms with Gasteiger partial charge >= 0.3 is 0 Å². The van der Waals surface area contributed by atoms with E-state index in [2.05, 4.69) is 27.0 Å². The van der Waals surface area contributed by atoms with Gasteiger partial charge in [0.05, 0.1) is 0 Å². The Morgan fingerprint density at radius 2 is 2.14 bits per heavy atom. The van der Waals surface area contributed by atoms with E-state index in [9.17, 15) is 9.65 Å². The molecule has 0 bridgehead atoms. The summed E-state index contributed by atoms with van der Waals surface area (Å²) in [5, 5.41) is 9.40. The molecule has 21 heavy (non-hydrogen) atoms. The third kappa shape index (κ3) is 2.91. The van der Waals surface area contributed by atoms with Crippen LogP contribution in [-0.4, -0.2) is 4.98 Å². The molecule has 2 aromatic rings. The Morgan fingerprint density at radius 3 is 2.76 bits per heavy atom. The van der Waals surface area contributed by atoms with Crippen molar-refractivity contribution >= 4 is 21.7 Å². The molecule has 0 aliphatic heterocycles. The second kappa shape index (κ2) is 6.23. The van der Waals surface area contributed by atoms with Crippen molar-refractivity contribution in [1.29, 1.82) is 5.26 Å². The summed E-state index contributed by atoms with van der Waals surface area (Å²) >= 11 is 3.34. The van der Waals surface area contributed by atoms with E-state index >= 15 is 0 Å². The minimum atomic E-state index is -0.378. The van der Waals surface area contributed by atoms with Crippen LogP contribution in [0.5, 0.6) is 0 Å². The number of anilines is 1. The molecule has 0 atom stereocenters. The molecule has 0 amide bonds. The number of nitriles is 1. The average molecular weight is 348 g/mol. The summed E-state index contributed by atoms with van der Waals surface area (Å²) < 4.78 is 15.0. The number of pyridine rings is 1. The number of nitrogens with zero attached hydrogens (tertiary/aromatic N) is 2. The minimum Gasteiger partial charge on any atom is -0.383 e. The number of aromatic nitrogens is 1. The van der Waals surface area contributed by atoms with Gasteiger partial charge in [-0.3, -0.25) is 0 Å². The monoisotopic (exact) mass is 347 g/mol. The fourth-order valence-corrected chi connectivity index (χ4v) is 2.78. The number of aryl methyl sites for hydroxylation is 1. The third-order valence-electron chi connectivity index (χ3n) is 3.34. The van der Waals surface area contributed by atoms with E-state index in [0.29, 0.717) is 11.1 Å². The first kappa shape index (κ1) is 15.5. The van der Waals surface area contributed by atoms with Crippen LogP contribution in [0.4, 0.5) is 10.2 Å². The Balaban J connectivity index is 2.88. The van der Waals surface area contributed by atoms with Crippen LogP contribution in [0.25, 0.3) is 11.1 Å². The Bertz CT molecular complexity index is 735. The summed E-state index contributed by atoms with van der Waals surface area (Å²) in [7, 11) is 0. The molecule has 0 saturated heterocycles. The molecule has 0 fully saturated rings. The largest absolute Gasteiger partial charge is 0.383 e. The molecule has 1 aromatic heterocycles. The van der Waals surface area contributed by atoms with Gasteiger partial charge in [0.2, 0.25) is 0 Å². The first-order valence-electron chi connectivity index (χ1n) is 6.64. The zero-order valence-electron chi connectivity index (χ0n) is 11.9. The third-order valence-corrected chi connectivity index (χ3v) is 3.84. The van der Waals surface area contributed by atoms with Gasteiger partial charge < -0.3 is 5.73 Å². The van der Waals surface area contributed by atoms with Crippen molar-refractivity contribution in [3.8, 4) is 17.2 Å². The van der Waals surface area contributed by atoms with Crippen molar-refractivity contribution in [2.24, 2.45) is 0 Å². The van der Waals surface area contributed by atoms with E-state index in [-0.39, 0.29) is 17.2 Å². The molecule has 2 N–H and O–H groups in total. The van der Waals surface area contributed by atoms with Crippen LogP contribution in [0, 0.1) is 24.1 Å². The molecule has 0 unspecified atom stereocenters. The summed E-state index contributed by atoms with van der Waals surface area (Å²) in [6.07, 6.45) is 1.59. The lowest BCUT2D eigenvalue weighted by atomic mass is 9.91. The maximum Gasteiger partial charge on any atom is 0.142 e. The van der Waals surface area contributed by atoms with Gasteiger partial charge in [-0.25, -0.2) is 9.37 Å². The molecule has 1 heterocycles. The van der Waals surface area contributed by atoms with Gasteiger partial charge in [-0.15, -0.1) is 0 Å². The topological polar surface area (TPSA) is 62.7 Å². The van der Waals surface area contributed by atoms with Crippen molar-refractivity contribution in [1.82, 2.24) is 4.98 Å². The van der Waals surface area contributed by atoms with Crippen LogP contribution in [-0.2, 0) is 6.42 Å². The molecule has 0 aliphatic carbocycles. The molecule has 0 aliphatic rings. The zero-order valence-corrected chi connectivity index (χ0v) is 13.5. The van der Waals surface area contributed by atoms with Gasteiger partial charge in [0.25, 0.3) is 0 Å². The second-order valence-electron chi connectivity index (χ2n) is 4.80. The molecule has 2 rings (SSSR count). The Morgan fingerprint density at radius 1 is 1.43 bits per heavy atom. The van der Waals surface area contributed by atoms with Crippen LogP contribution < -0.4 is 5.73 Å². The van der Waals surface area contributed by atoms with E-state index in [4.69, 9.17) is 5.73 Å². The minimum absolute atomic E-state index is 0.143. The van der Waals surface area contributed by atoms with Crippen molar-refractivity contribution in [2.45, 2.75) is 26.7 Å². The van der Waals surface area contributed by atoms with E-state index in [0.717, 1.165) is 28.6 Å². The summed E-state index contributed by atoms with van der Waals surface area (Å²) in [5.41, 5.74) is 8.64. The number of hydrogen-bond donors (Lipinski definition) is 1. The summed E-state index contributed by atoms with van der Waals surface area (Å²) in [5.74, 6) is -0.235. The van der Waals surface area contributed by atoms with Crippen LogP contribution >= 0.6 is 15.9 Å². The maximum atomic E-state index is 14.3. The molecular weight excluding hydrogens is 333 g/mol. The van der Waals surface area contributed by atoms with Crippen molar-refractivity contribution in [2.75, 3.05) is 5.73 Å². The molecule has 3 nitrogen and oxygen atoms in total. The highest BCUT2D eigenvalue weighted by atomic mass is 79.9. The lowest BCUT2D eigenvalue weighted by molar-refractivity contribution is 0.630. The lowest BCUT2D eigenvalue weighted by Gasteiger charge is -2.16. The molecule has 0 saturated carbocycles. The van der Waals surface area contributed by atoms with Crippen LogP contribution in [0.3, 0.4) is 0 Å². The highest BCUT2D eigenvalue weighted by Crippen LogP contribution is 2.35. The number of halogens is 2. The normalized spacial score (nSPS) is 10.4. The SMILES string of the molecule is CCCc1c(C)nc(N)c(C#N)c1-c1cc(Br)ccc1F. The highest BCUT2D eigenvalue weighted by Gasteiger charge is 2.20. The van der Waals surface area contributed by atoms with Crippen LogP contribution in [0.15, 0.2) is 22.7 Å². The van der Waals surface area contributed by atoms with Gasteiger partial charge in [0.1, 0.15) is 23.3 Å². The molecule has 0 radical (unpaired) electrons. The smallest absolute Gasteiger partial charge is 0.142 e. The summed E-state index contributed by atoms with van der Waals surface area (Å²) in [4.78, 5) is 4.22. The van der Waals surface area contributed by atoms with Gasteiger partial charge in [-0.2, -0.15) is 5.26 Å². The quantitative estimate of drug-likeness (QED) is 0.896. The van der Waals surface area contributed by atoms with E-state index in [1.165, 1.54) is 6.07 Å². The predicted octanol–water partition coefficient (Wildman–Crippen LogP) is 4.37. The number of nitrogen functional groups attached to an aromatic ring is 1. The Hall–Kier alpha value is -1.93. The molecule has 108 valence electrons. The van der Waals surface area contributed by atoms with Crippen LogP contribution in [0.2, 0.25) is 0 Å². The Kier molecular flexibility index (Phi) is 4.59. The number of rotatable bonds is 3. The summed E-state index contributed by atoms with van der Waals surface area (Å²) in [6.45, 7) is 3.87. The fraction of sp³-hybridized carbons (Fsp3) is 0.250. The van der Waals surface area contributed by atoms with Crippen molar-refractivity contribution < 1.29 is 4.39 Å². The van der Waals surface area contributed by atoms with Gasteiger partial charge in [0.15, 0.2) is 0 Å². The van der Waals surface area contributed by atoms with Gasteiger partial charge in [-0.1, -0.05) is 29.3 Å². The van der Waals surface area contributed by atoms with Crippen molar-refractivity contribution in [3.63, 3.8) is 0 Å². The van der Waals surface area contributed by atoms with E-state index in [1.807, 2.05) is 13.8 Å². The summed E-state index contributed by atoms with van der Waals surface area (Å²) in [6, 6.07) is 6.74. The zero-order chi connectivity index (χ0) is 15.6. The van der Waals surface area contributed by atoms with Crippen LogP contribution in [0.1, 0.15) is 30.2 Å². The number of hydrogen-bond acceptors (Lipinski definition) is 3. The van der Waals surface area contributed by atoms with E-state index < -0.39 is 0 Å². The predicted molar refractivity (Wildman–Crippen MR) is 85.2 cm³/mol. The second-order valence-corrected chi connectivity index (χ2v) is 5.71. The fourth-order valence-electron chi connectivity index (χ4n) is 2.42. The highest BCUT2D eigenvalue weighted by molar-refractivity contribution is 9.10. The number of benzene rings is 1. The Labute approximate surface area is 131 Å². The molecule has 0 spiro atoms. The van der Waals surface area contributed by atoms with Gasteiger partial charge in [0, 0.05) is 21.3 Å². The van der Waals surface area contributed by atoms with Crippen molar-refractivity contribution in [3.05, 3.63) is 45.3 Å². The first-order valence-corrected chi connectivity index (χ1v) is 7.43. The molecule has 5 heteroatoms. The lowest BCUT2D eigenvalue weighted by Crippen LogP contribution is -2.06. The number of nitrogens with two attached hydrogens (primary N) is 1. The van der Waals surface area contributed by atoms with Gasteiger partial charge in [-0.05, 0) is 37.1 Å². The maximum absolute atomic E-state index is 14.3. The van der Waals surface area contributed by atoms with E-state index in [1.54, 1.807) is 12.1 Å². The first-order chi connectivity index (χ1) is 9.99. The average Bonchev–Trinajstić information content (AvgIpc) is 2.44. The molecular formula is C16H15BrFN3.